The molecule has 0 amide bonds. The zero-order valence-corrected chi connectivity index (χ0v) is 8.32. The fourth-order valence-electron chi connectivity index (χ4n) is 2.38. The van der Waals surface area contributed by atoms with Crippen LogP contribution >= 0.6 is 0 Å². The molecule has 1 saturated heterocycles. The maximum Gasteiger partial charge on any atom is 0.341 e. The number of carbonyl (C=O) groups is 1. The van der Waals surface area contributed by atoms with Crippen molar-refractivity contribution in [3.05, 3.63) is 29.6 Å². The van der Waals surface area contributed by atoms with E-state index in [-0.39, 0.29) is 5.97 Å². The maximum absolute atomic E-state index is 11.7. The molecule has 15 heavy (non-hydrogen) atoms. The molecule has 2 aliphatic rings. The summed E-state index contributed by atoms with van der Waals surface area (Å²) in [5, 5.41) is 3.26. The van der Waals surface area contributed by atoms with Gasteiger partial charge in [0.1, 0.15) is 0 Å². The van der Waals surface area contributed by atoms with Gasteiger partial charge >= 0.3 is 5.97 Å². The van der Waals surface area contributed by atoms with E-state index in [0.29, 0.717) is 5.56 Å². The summed E-state index contributed by atoms with van der Waals surface area (Å²) >= 11 is 0. The molecule has 0 bridgehead atoms. The third-order valence-electron chi connectivity index (χ3n) is 3.16. The third-order valence-corrected chi connectivity index (χ3v) is 3.16. The lowest BCUT2D eigenvalue weighted by Crippen LogP contribution is -2.40. The number of pyridine rings is 1. The summed E-state index contributed by atoms with van der Waals surface area (Å²) in [6, 6.07) is 3.57. The van der Waals surface area contributed by atoms with Gasteiger partial charge in [-0.1, -0.05) is 0 Å². The number of esters is 1. The van der Waals surface area contributed by atoms with Gasteiger partial charge in [-0.2, -0.15) is 0 Å². The molecule has 3 heterocycles. The Morgan fingerprint density at radius 2 is 2.20 bits per heavy atom. The van der Waals surface area contributed by atoms with Crippen molar-refractivity contribution in [3.63, 3.8) is 0 Å². The highest BCUT2D eigenvalue weighted by atomic mass is 16.6. The van der Waals surface area contributed by atoms with Crippen LogP contribution in [0, 0.1) is 0 Å². The SMILES string of the molecule is O=C1OC2(CCNCC2)c2ncccc21. The van der Waals surface area contributed by atoms with Crippen LogP contribution in [0.3, 0.4) is 0 Å². The first-order valence-corrected chi connectivity index (χ1v) is 5.21. The number of fused-ring (bicyclic) bond motifs is 2. The predicted octanol–water partition coefficient (Wildman–Crippen LogP) is 0.831. The van der Waals surface area contributed by atoms with Gasteiger partial charge in [0.05, 0.1) is 11.3 Å². The standard InChI is InChI=1S/C11H12N2O2/c14-10-8-2-1-5-13-9(8)11(15-10)3-6-12-7-4-11/h1-2,5,12H,3-4,6-7H2. The molecule has 0 saturated carbocycles. The van der Waals surface area contributed by atoms with E-state index in [2.05, 4.69) is 10.3 Å². The Morgan fingerprint density at radius 3 is 3.00 bits per heavy atom. The zero-order valence-electron chi connectivity index (χ0n) is 8.32. The molecule has 0 unspecified atom stereocenters. The average molecular weight is 204 g/mol. The van der Waals surface area contributed by atoms with Gasteiger partial charge in [0.25, 0.3) is 0 Å². The lowest BCUT2D eigenvalue weighted by molar-refractivity contribution is -0.0260. The molecule has 78 valence electrons. The molecule has 1 fully saturated rings. The number of hydrogen-bond acceptors (Lipinski definition) is 4. The number of piperidine rings is 1. The van der Waals surface area contributed by atoms with Crippen LogP contribution in [0.2, 0.25) is 0 Å². The molecule has 4 nitrogen and oxygen atoms in total. The Labute approximate surface area is 87.7 Å². The molecular formula is C11H12N2O2. The van der Waals surface area contributed by atoms with Gasteiger partial charge in [0.15, 0.2) is 5.60 Å². The fraction of sp³-hybridized carbons (Fsp3) is 0.455. The van der Waals surface area contributed by atoms with Crippen LogP contribution in [0.25, 0.3) is 0 Å². The second-order valence-electron chi connectivity index (χ2n) is 4.03. The van der Waals surface area contributed by atoms with Gasteiger partial charge in [-0.3, -0.25) is 4.98 Å². The Bertz CT molecular complexity index is 411. The van der Waals surface area contributed by atoms with Gasteiger partial charge in [-0.15, -0.1) is 0 Å². The van der Waals surface area contributed by atoms with Crippen LogP contribution in [0.1, 0.15) is 28.9 Å². The Kier molecular flexibility index (Phi) is 1.79. The minimum absolute atomic E-state index is 0.222. The van der Waals surface area contributed by atoms with Crippen LogP contribution in [0.5, 0.6) is 0 Å². The topological polar surface area (TPSA) is 51.2 Å². The van der Waals surface area contributed by atoms with E-state index >= 15 is 0 Å². The van der Waals surface area contributed by atoms with Crippen molar-refractivity contribution in [2.45, 2.75) is 18.4 Å². The highest BCUT2D eigenvalue weighted by Crippen LogP contribution is 2.41. The van der Waals surface area contributed by atoms with Gasteiger partial charge in [-0.05, 0) is 25.2 Å². The molecule has 2 aliphatic heterocycles. The second-order valence-corrected chi connectivity index (χ2v) is 4.03. The van der Waals surface area contributed by atoms with Crippen LogP contribution in [-0.2, 0) is 10.3 Å². The zero-order chi connectivity index (χ0) is 10.3. The summed E-state index contributed by atoms with van der Waals surface area (Å²) < 4.78 is 5.52. The van der Waals surface area contributed by atoms with Gasteiger partial charge in [0.2, 0.25) is 0 Å². The minimum Gasteiger partial charge on any atom is -0.449 e. The lowest BCUT2D eigenvalue weighted by atomic mass is 9.88. The van der Waals surface area contributed by atoms with E-state index in [1.807, 2.05) is 0 Å². The normalized spacial score (nSPS) is 22.5. The second kappa shape index (κ2) is 3.03. The molecule has 1 aromatic rings. The average Bonchev–Trinajstić information content (AvgIpc) is 2.55. The van der Waals surface area contributed by atoms with Crippen molar-refractivity contribution in [1.82, 2.24) is 10.3 Å². The number of nitrogens with zero attached hydrogens (tertiary/aromatic N) is 1. The first-order chi connectivity index (χ1) is 7.32. The van der Waals surface area contributed by atoms with Gasteiger partial charge in [-0.25, -0.2) is 4.79 Å². The van der Waals surface area contributed by atoms with E-state index < -0.39 is 5.60 Å². The molecule has 0 aliphatic carbocycles. The number of carbonyl (C=O) groups excluding carboxylic acids is 1. The summed E-state index contributed by atoms with van der Waals surface area (Å²) in [5.41, 5.74) is 1.02. The first-order valence-electron chi connectivity index (χ1n) is 5.21. The monoisotopic (exact) mass is 204 g/mol. The van der Waals surface area contributed by atoms with Crippen molar-refractivity contribution in [2.24, 2.45) is 0 Å². The van der Waals surface area contributed by atoms with E-state index in [1.54, 1.807) is 18.3 Å². The quantitative estimate of drug-likeness (QED) is 0.636. The van der Waals surface area contributed by atoms with E-state index in [0.717, 1.165) is 31.6 Å². The summed E-state index contributed by atoms with van der Waals surface area (Å²) in [6.07, 6.45) is 3.37. The van der Waals surface area contributed by atoms with E-state index in [9.17, 15) is 4.79 Å². The van der Waals surface area contributed by atoms with Gasteiger partial charge in [0, 0.05) is 19.0 Å². The molecule has 0 radical (unpaired) electrons. The third kappa shape index (κ3) is 1.18. The first kappa shape index (κ1) is 8.85. The summed E-state index contributed by atoms with van der Waals surface area (Å²) in [7, 11) is 0. The van der Waals surface area contributed by atoms with Crippen molar-refractivity contribution in [2.75, 3.05) is 13.1 Å². The Hall–Kier alpha value is -1.42. The van der Waals surface area contributed by atoms with Crippen molar-refractivity contribution >= 4 is 5.97 Å². The Balaban J connectivity index is 2.10. The van der Waals surface area contributed by atoms with E-state index in [1.165, 1.54) is 0 Å². The number of aromatic nitrogens is 1. The van der Waals surface area contributed by atoms with Crippen LogP contribution < -0.4 is 5.32 Å². The summed E-state index contributed by atoms with van der Waals surface area (Å²) in [4.78, 5) is 16.0. The maximum atomic E-state index is 11.7. The van der Waals surface area contributed by atoms with Crippen molar-refractivity contribution in [1.29, 1.82) is 0 Å². The van der Waals surface area contributed by atoms with Crippen molar-refractivity contribution < 1.29 is 9.53 Å². The van der Waals surface area contributed by atoms with Crippen LogP contribution in [0.4, 0.5) is 0 Å². The van der Waals surface area contributed by atoms with Gasteiger partial charge < -0.3 is 10.1 Å². The molecule has 0 atom stereocenters. The fourth-order valence-corrected chi connectivity index (χ4v) is 2.38. The predicted molar refractivity (Wildman–Crippen MR) is 53.4 cm³/mol. The Morgan fingerprint density at radius 1 is 1.40 bits per heavy atom. The molecule has 1 aromatic heterocycles. The molecule has 4 heteroatoms. The van der Waals surface area contributed by atoms with Crippen LogP contribution in [0.15, 0.2) is 18.3 Å². The largest absolute Gasteiger partial charge is 0.449 e. The number of rotatable bonds is 0. The van der Waals surface area contributed by atoms with Crippen molar-refractivity contribution in [3.8, 4) is 0 Å². The lowest BCUT2D eigenvalue weighted by Gasteiger charge is -2.32. The highest BCUT2D eigenvalue weighted by Gasteiger charge is 2.47. The molecule has 3 rings (SSSR count). The minimum atomic E-state index is -0.446. The summed E-state index contributed by atoms with van der Waals surface area (Å²) in [5.74, 6) is -0.222. The molecular weight excluding hydrogens is 192 g/mol. The number of ether oxygens (including phenoxy) is 1. The van der Waals surface area contributed by atoms with Crippen LogP contribution in [-0.4, -0.2) is 24.0 Å². The molecule has 1 spiro atoms. The van der Waals surface area contributed by atoms with E-state index in [4.69, 9.17) is 4.74 Å². The summed E-state index contributed by atoms with van der Waals surface area (Å²) in [6.45, 7) is 1.76. The smallest absolute Gasteiger partial charge is 0.341 e. The number of nitrogens with one attached hydrogen (secondary N) is 1. The molecule has 1 N–H and O–H groups in total. The molecule has 0 aromatic carbocycles. The number of hydrogen-bond donors (Lipinski definition) is 1. The highest BCUT2D eigenvalue weighted by molar-refractivity contribution is 5.94.